The van der Waals surface area contributed by atoms with Crippen molar-refractivity contribution >= 4 is 69.7 Å². The van der Waals surface area contributed by atoms with Crippen LogP contribution in [0.25, 0.3) is 10.9 Å². The molecule has 0 bridgehead atoms. The maximum Gasteiger partial charge on any atom is 0.247 e. The van der Waals surface area contributed by atoms with E-state index in [4.69, 9.17) is 22.9 Å². The third-order valence-corrected chi connectivity index (χ3v) is 13.3. The van der Waals surface area contributed by atoms with E-state index >= 15 is 0 Å². The molecule has 0 saturated carbocycles. The number of aliphatic imine (C=N–C) groups is 1. The van der Waals surface area contributed by atoms with Crippen molar-refractivity contribution in [1.82, 2.24) is 36.6 Å². The first kappa shape index (κ1) is 58.1. The highest BCUT2D eigenvalue weighted by atomic mass is 16.2. The minimum atomic E-state index is -1.33. The number of fused-ring (bicyclic) bond motifs is 1. The summed E-state index contributed by atoms with van der Waals surface area (Å²) in [7, 11) is 0. The molecule has 0 radical (unpaired) electrons. The highest BCUT2D eigenvalue weighted by Crippen LogP contribution is 2.26. The van der Waals surface area contributed by atoms with Crippen LogP contribution in [0.15, 0.2) is 84.5 Å². The molecule has 75 heavy (non-hydrogen) atoms. The van der Waals surface area contributed by atoms with Gasteiger partial charge in [0.15, 0.2) is 11.7 Å². The Morgan fingerprint density at radius 3 is 2.23 bits per heavy atom. The average molecular weight is 1040 g/mol. The standard InChI is InChI=1S/C53H73N13O9/c1-33(67)61-42(19-9-10-22-54)50(73)63-43-18-7-5-15-38(68)20-21-41(48(55)71)62-49(72)36(27-37-30-60-40-17-8-6-16-39(37)40)29-46(69)35(14-11-23-59-53(56)57)28-47(70)44(26-34-12-3-2-4-13-34)64-52(75)45(65-51(43)74)31-66-25-24-58-32-66/h2-4,6,8,12-13,16-17,24-25,30,32,35-36,41-45,60H,5,7,9-11,14-15,18-23,26-29,31,54H2,1H3,(H11,55,56,57,59,61,62,63,64,65,67,71,72,73,74,75)/p+1/t35-,36-,41+,42+,43+,44-,45+/m1/s1. The number of hydrogen-bond donors (Lipinski definition) is 11. The third-order valence-electron chi connectivity index (χ3n) is 13.3. The number of nitrogens with two attached hydrogens (primary N) is 4. The number of rotatable bonds is 18. The molecule has 0 aliphatic carbocycles. The first-order valence-corrected chi connectivity index (χ1v) is 25.7. The molecule has 3 heterocycles. The number of H-pyrrole nitrogens is 2. The summed E-state index contributed by atoms with van der Waals surface area (Å²) >= 11 is 0. The van der Waals surface area contributed by atoms with Crippen molar-refractivity contribution in [2.24, 2.45) is 39.8 Å². The molecule has 1 aliphatic heterocycles. The smallest absolute Gasteiger partial charge is 0.247 e. The maximum absolute atomic E-state index is 14.9. The predicted octanol–water partition coefficient (Wildman–Crippen LogP) is 0.455. The van der Waals surface area contributed by atoms with Crippen LogP contribution in [0.3, 0.4) is 0 Å². The summed E-state index contributed by atoms with van der Waals surface area (Å²) in [6, 6.07) is 10.3. The number of nitrogens with zero attached hydrogens (tertiary/aromatic N) is 2. The Morgan fingerprint density at radius 2 is 1.52 bits per heavy atom. The Labute approximate surface area is 436 Å². The Kier molecular flexibility index (Phi) is 23.1. The highest BCUT2D eigenvalue weighted by Gasteiger charge is 2.36. The van der Waals surface area contributed by atoms with Crippen LogP contribution >= 0.6 is 0 Å². The number of unbranched alkanes of at least 4 members (excludes halogenated alkanes) is 1. The molecule has 5 rings (SSSR count). The number of guanidine groups is 1. The maximum atomic E-state index is 14.9. The van der Waals surface area contributed by atoms with Crippen LogP contribution in [0.5, 0.6) is 0 Å². The van der Waals surface area contributed by atoms with E-state index in [1.807, 2.05) is 24.3 Å². The van der Waals surface area contributed by atoms with Gasteiger partial charge in [0.2, 0.25) is 41.8 Å². The number of hydrogen-bond acceptors (Lipinski definition) is 11. The summed E-state index contributed by atoms with van der Waals surface area (Å²) in [6.45, 7) is 1.65. The number of para-hydroxylation sites is 1. The molecule has 4 aromatic rings. The number of benzene rings is 2. The summed E-state index contributed by atoms with van der Waals surface area (Å²) in [5, 5.41) is 14.6. The lowest BCUT2D eigenvalue weighted by Crippen LogP contribution is -2.60. The molecule has 2 aromatic heterocycles. The number of carbonyl (C=O) groups excluding carboxylic acids is 9. The molecule has 22 nitrogen and oxygen atoms in total. The summed E-state index contributed by atoms with van der Waals surface area (Å²) in [6.07, 6.45) is 7.88. The monoisotopic (exact) mass is 1040 g/mol. The Morgan fingerprint density at radius 1 is 0.787 bits per heavy atom. The van der Waals surface area contributed by atoms with Gasteiger partial charge in [-0.05, 0) is 87.9 Å². The van der Waals surface area contributed by atoms with Crippen LogP contribution in [-0.2, 0) is 62.5 Å². The van der Waals surface area contributed by atoms with Crippen LogP contribution in [-0.4, -0.2) is 112 Å². The lowest BCUT2D eigenvalue weighted by atomic mass is 9.83. The molecule has 404 valence electrons. The van der Waals surface area contributed by atoms with Gasteiger partial charge in [0.1, 0.15) is 54.7 Å². The van der Waals surface area contributed by atoms with E-state index < -0.39 is 89.1 Å². The van der Waals surface area contributed by atoms with Gasteiger partial charge in [-0.2, -0.15) is 0 Å². The van der Waals surface area contributed by atoms with Crippen LogP contribution in [0.4, 0.5) is 0 Å². The highest BCUT2D eigenvalue weighted by molar-refractivity contribution is 5.98. The van der Waals surface area contributed by atoms with Crippen LogP contribution in [0.2, 0.25) is 0 Å². The lowest BCUT2D eigenvalue weighted by Gasteiger charge is -2.27. The van der Waals surface area contributed by atoms with E-state index in [1.165, 1.54) is 6.92 Å². The Hall–Kier alpha value is -7.75. The van der Waals surface area contributed by atoms with Gasteiger partial charge in [-0.15, -0.1) is 0 Å². The normalized spacial score (nSPS) is 21.5. The molecule has 6 amide bonds. The zero-order valence-electron chi connectivity index (χ0n) is 42.7. The molecular formula is C53H74N13O9+. The summed E-state index contributed by atoms with van der Waals surface area (Å²) in [4.78, 5) is 136. The SMILES string of the molecule is CC(=O)N[C@@H](CCCCN)C(=O)N[C@H]1CCCCC(=O)CC[C@@H](C(N)=O)NC(=O)[C@H](Cc2c[nH]c3ccccc23)CC(=O)[C@H](CCCN=C(N)N)CC(=O)[C@@H](Cc2ccccc2)NC(=O)[C@H](C[n+]2cc[nH]c2)NC1=O. The number of ketones is 3. The molecule has 22 heteroatoms. The van der Waals surface area contributed by atoms with Crippen molar-refractivity contribution in [3.05, 3.63) is 90.6 Å². The number of amides is 6. The molecular weight excluding hydrogens is 963 g/mol. The van der Waals surface area contributed by atoms with Crippen molar-refractivity contribution in [2.75, 3.05) is 13.1 Å². The molecule has 0 spiro atoms. The van der Waals surface area contributed by atoms with Gasteiger partial charge in [0, 0.05) is 68.1 Å². The molecule has 15 N–H and O–H groups in total. The van der Waals surface area contributed by atoms with Crippen molar-refractivity contribution in [3.8, 4) is 0 Å². The van der Waals surface area contributed by atoms with Gasteiger partial charge in [0.25, 0.3) is 0 Å². The molecule has 1 fully saturated rings. The van der Waals surface area contributed by atoms with E-state index in [1.54, 1.807) is 59.8 Å². The topological polar surface area (TPSA) is 366 Å². The van der Waals surface area contributed by atoms with Gasteiger partial charge < -0.3 is 54.5 Å². The Balaban J connectivity index is 1.55. The number of imidazole rings is 1. The largest absolute Gasteiger partial charge is 0.370 e. The van der Waals surface area contributed by atoms with E-state index in [9.17, 15) is 43.2 Å². The van der Waals surface area contributed by atoms with E-state index in [2.05, 4.69) is 41.5 Å². The fourth-order valence-electron chi connectivity index (χ4n) is 9.24. The average Bonchev–Trinajstić information content (AvgIpc) is 4.05. The lowest BCUT2D eigenvalue weighted by molar-refractivity contribution is -0.696. The second kappa shape index (κ2) is 29.8. The van der Waals surface area contributed by atoms with Crippen molar-refractivity contribution in [3.63, 3.8) is 0 Å². The Bertz CT molecular complexity index is 2600. The van der Waals surface area contributed by atoms with Gasteiger partial charge in [-0.25, -0.2) is 4.57 Å². The van der Waals surface area contributed by atoms with E-state index in [0.717, 1.165) is 16.5 Å². The fraction of sp³-hybridized carbons (Fsp3) is 0.491. The fourth-order valence-corrected chi connectivity index (χ4v) is 9.24. The zero-order chi connectivity index (χ0) is 54.3. The quantitative estimate of drug-likeness (QED) is 0.0280. The van der Waals surface area contributed by atoms with Gasteiger partial charge >= 0.3 is 0 Å². The third kappa shape index (κ3) is 19.2. The summed E-state index contributed by atoms with van der Waals surface area (Å²) < 4.78 is 1.62. The predicted molar refractivity (Wildman–Crippen MR) is 279 cm³/mol. The number of carbonyl (C=O) groups is 9. The van der Waals surface area contributed by atoms with Crippen LogP contribution in [0.1, 0.15) is 102 Å². The minimum absolute atomic E-state index is 0.00445. The van der Waals surface area contributed by atoms with Gasteiger partial charge in [-0.1, -0.05) is 55.0 Å². The molecule has 1 aliphatic rings. The van der Waals surface area contributed by atoms with E-state index in [0.29, 0.717) is 24.9 Å². The van der Waals surface area contributed by atoms with Crippen molar-refractivity contribution in [1.29, 1.82) is 0 Å². The van der Waals surface area contributed by atoms with Crippen LogP contribution in [0, 0.1) is 11.8 Å². The minimum Gasteiger partial charge on any atom is -0.370 e. The van der Waals surface area contributed by atoms with Crippen LogP contribution < -0.4 is 54.1 Å². The second-order valence-electron chi connectivity index (χ2n) is 19.3. The second-order valence-corrected chi connectivity index (χ2v) is 19.3. The summed E-state index contributed by atoms with van der Waals surface area (Å²) in [5.74, 6) is -7.56. The summed E-state index contributed by atoms with van der Waals surface area (Å²) in [5.41, 5.74) is 25.0. The first-order chi connectivity index (χ1) is 36.0. The number of aromatic amines is 2. The van der Waals surface area contributed by atoms with Gasteiger partial charge in [-0.3, -0.25) is 53.1 Å². The number of primary amides is 1. The van der Waals surface area contributed by atoms with Gasteiger partial charge in [0.05, 0.1) is 6.04 Å². The van der Waals surface area contributed by atoms with E-state index in [-0.39, 0.29) is 108 Å². The number of aromatic nitrogens is 3. The molecule has 2 aromatic carbocycles. The van der Waals surface area contributed by atoms with Crippen molar-refractivity contribution in [2.45, 2.75) is 140 Å². The first-order valence-electron chi connectivity index (χ1n) is 25.7. The number of nitrogens with one attached hydrogen (secondary N) is 7. The number of Topliss-reactive ketones (excluding diaryl/α,β-unsaturated/α-hetero) is 3. The molecule has 7 atom stereocenters. The molecule has 1 saturated heterocycles. The molecule has 0 unspecified atom stereocenters. The zero-order valence-corrected chi connectivity index (χ0v) is 42.7. The van der Waals surface area contributed by atoms with Crippen molar-refractivity contribution < 1.29 is 47.7 Å².